The molecule has 0 atom stereocenters. The first-order valence-corrected chi connectivity index (χ1v) is 11.0. The van der Waals surface area contributed by atoms with Gasteiger partial charge in [-0.25, -0.2) is 0 Å². The molecule has 1 N–H and O–H groups in total. The van der Waals surface area contributed by atoms with Gasteiger partial charge in [-0.05, 0) is 37.3 Å². The number of aromatic nitrogens is 3. The molecule has 9 heteroatoms. The lowest BCUT2D eigenvalue weighted by Crippen LogP contribution is -2.15. The molecular weight excluding hydrogens is 428 g/mol. The van der Waals surface area contributed by atoms with E-state index in [9.17, 15) is 4.79 Å². The van der Waals surface area contributed by atoms with Crippen LogP contribution in [0.5, 0.6) is 17.2 Å². The number of para-hydroxylation sites is 2. The average Bonchev–Trinajstić information content (AvgIpc) is 3.21. The number of benzene rings is 2. The third-order valence-electron chi connectivity index (χ3n) is 4.46. The minimum Gasteiger partial charge on any atom is -0.493 e. The molecule has 3 rings (SSSR count). The zero-order valence-electron chi connectivity index (χ0n) is 18.3. The van der Waals surface area contributed by atoms with Crippen molar-refractivity contribution in [3.63, 3.8) is 0 Å². The summed E-state index contributed by atoms with van der Waals surface area (Å²) in [6, 6.07) is 12.9. The van der Waals surface area contributed by atoms with Gasteiger partial charge < -0.3 is 19.5 Å². The minimum atomic E-state index is -0.164. The summed E-state index contributed by atoms with van der Waals surface area (Å²) in [4.78, 5) is 12.5. The van der Waals surface area contributed by atoms with E-state index < -0.39 is 0 Å². The van der Waals surface area contributed by atoms with E-state index in [2.05, 4.69) is 22.1 Å². The molecule has 32 heavy (non-hydrogen) atoms. The van der Waals surface area contributed by atoms with Crippen molar-refractivity contribution in [2.24, 2.45) is 0 Å². The van der Waals surface area contributed by atoms with Gasteiger partial charge in [0.2, 0.25) is 5.91 Å². The van der Waals surface area contributed by atoms with E-state index in [4.69, 9.17) is 14.2 Å². The van der Waals surface area contributed by atoms with Gasteiger partial charge in [-0.1, -0.05) is 30.0 Å². The van der Waals surface area contributed by atoms with Gasteiger partial charge in [0.05, 0.1) is 32.3 Å². The Morgan fingerprint density at radius 1 is 1.12 bits per heavy atom. The molecule has 1 heterocycles. The number of nitrogens with one attached hydrogen (secondary N) is 1. The Morgan fingerprint density at radius 3 is 2.62 bits per heavy atom. The smallest absolute Gasteiger partial charge is 0.234 e. The summed E-state index contributed by atoms with van der Waals surface area (Å²) in [5.74, 6) is 2.52. The van der Waals surface area contributed by atoms with Gasteiger partial charge in [-0.2, -0.15) is 0 Å². The van der Waals surface area contributed by atoms with E-state index in [0.717, 1.165) is 5.56 Å². The van der Waals surface area contributed by atoms with Crippen LogP contribution in [0, 0.1) is 0 Å². The number of hydrogen-bond donors (Lipinski definition) is 1. The van der Waals surface area contributed by atoms with Crippen molar-refractivity contribution in [2.75, 3.05) is 31.9 Å². The highest BCUT2D eigenvalue weighted by atomic mass is 32.2. The van der Waals surface area contributed by atoms with Crippen molar-refractivity contribution in [3.05, 3.63) is 55.1 Å². The highest BCUT2D eigenvalue weighted by Gasteiger charge is 2.17. The number of thioether (sulfide) groups is 1. The molecule has 1 aromatic heterocycles. The summed E-state index contributed by atoms with van der Waals surface area (Å²) in [5.41, 5.74) is 1.46. The maximum atomic E-state index is 12.5. The molecule has 0 saturated carbocycles. The second-order valence-corrected chi connectivity index (χ2v) is 7.48. The summed E-state index contributed by atoms with van der Waals surface area (Å²) in [7, 11) is 3.17. The first-order chi connectivity index (χ1) is 15.6. The Bertz CT molecular complexity index is 1080. The number of methoxy groups -OCH3 is 2. The Morgan fingerprint density at radius 2 is 1.91 bits per heavy atom. The van der Waals surface area contributed by atoms with Crippen LogP contribution in [0.25, 0.3) is 11.4 Å². The van der Waals surface area contributed by atoms with Crippen LogP contribution in [0.1, 0.15) is 6.92 Å². The van der Waals surface area contributed by atoms with E-state index in [1.54, 1.807) is 20.3 Å². The van der Waals surface area contributed by atoms with E-state index in [1.807, 2.05) is 54.0 Å². The molecule has 0 aliphatic rings. The fourth-order valence-electron chi connectivity index (χ4n) is 3.05. The van der Waals surface area contributed by atoms with Crippen LogP contribution in [0.2, 0.25) is 0 Å². The molecule has 8 nitrogen and oxygen atoms in total. The first-order valence-electron chi connectivity index (χ1n) is 10.0. The Hall–Kier alpha value is -3.46. The van der Waals surface area contributed by atoms with E-state index in [0.29, 0.717) is 47.1 Å². The predicted molar refractivity (Wildman–Crippen MR) is 126 cm³/mol. The molecule has 0 fully saturated rings. The molecule has 0 spiro atoms. The summed E-state index contributed by atoms with van der Waals surface area (Å²) in [5, 5.41) is 12.1. The van der Waals surface area contributed by atoms with E-state index >= 15 is 0 Å². The second-order valence-electron chi connectivity index (χ2n) is 6.54. The van der Waals surface area contributed by atoms with Crippen LogP contribution in [0.4, 0.5) is 5.69 Å². The highest BCUT2D eigenvalue weighted by molar-refractivity contribution is 7.99. The summed E-state index contributed by atoms with van der Waals surface area (Å²) in [6.45, 7) is 6.74. The lowest BCUT2D eigenvalue weighted by molar-refractivity contribution is -0.113. The summed E-state index contributed by atoms with van der Waals surface area (Å²) >= 11 is 1.30. The van der Waals surface area contributed by atoms with Crippen molar-refractivity contribution in [1.29, 1.82) is 0 Å². The maximum Gasteiger partial charge on any atom is 0.234 e. The Balaban J connectivity index is 1.76. The van der Waals surface area contributed by atoms with Gasteiger partial charge >= 0.3 is 0 Å². The highest BCUT2D eigenvalue weighted by Crippen LogP contribution is 2.33. The lowest BCUT2D eigenvalue weighted by Gasteiger charge is -2.12. The van der Waals surface area contributed by atoms with Crippen molar-refractivity contribution >= 4 is 23.4 Å². The molecule has 0 saturated heterocycles. The molecular formula is C23H26N4O4S. The number of carbonyl (C=O) groups is 1. The van der Waals surface area contributed by atoms with Crippen LogP contribution in [0.15, 0.2) is 60.3 Å². The molecule has 0 aliphatic carbocycles. The van der Waals surface area contributed by atoms with Crippen LogP contribution >= 0.6 is 11.8 Å². The third kappa shape index (κ3) is 5.42. The van der Waals surface area contributed by atoms with Gasteiger partial charge in [0.1, 0.15) is 5.75 Å². The van der Waals surface area contributed by atoms with Crippen molar-refractivity contribution in [2.45, 2.75) is 18.6 Å². The molecule has 0 aliphatic heterocycles. The number of carbonyl (C=O) groups excluding carboxylic acids is 1. The van der Waals surface area contributed by atoms with Crippen LogP contribution in [-0.2, 0) is 11.3 Å². The SMILES string of the molecule is C=CCn1c(SCC(=O)Nc2ccccc2OCC)nnc1-c1ccc(OC)c(OC)c1. The second kappa shape index (κ2) is 11.2. The van der Waals surface area contributed by atoms with Crippen LogP contribution in [0.3, 0.4) is 0 Å². The fourth-order valence-corrected chi connectivity index (χ4v) is 3.79. The molecule has 0 unspecified atom stereocenters. The van der Waals surface area contributed by atoms with E-state index in [1.165, 1.54) is 11.8 Å². The summed E-state index contributed by atoms with van der Waals surface area (Å²) < 4.78 is 18.2. The molecule has 2 aromatic carbocycles. The maximum absolute atomic E-state index is 12.5. The number of rotatable bonds is 11. The number of hydrogen-bond acceptors (Lipinski definition) is 7. The molecule has 3 aromatic rings. The summed E-state index contributed by atoms with van der Waals surface area (Å²) in [6.07, 6.45) is 1.76. The van der Waals surface area contributed by atoms with Gasteiger partial charge in [0, 0.05) is 12.1 Å². The van der Waals surface area contributed by atoms with Crippen molar-refractivity contribution in [3.8, 4) is 28.6 Å². The van der Waals surface area contributed by atoms with Gasteiger partial charge in [-0.3, -0.25) is 9.36 Å². The fraction of sp³-hybridized carbons (Fsp3) is 0.261. The standard InChI is InChI=1S/C23H26N4O4S/c1-5-13-27-22(16-11-12-19(29-3)20(14-16)30-4)25-26-23(27)32-15-21(28)24-17-9-7-8-10-18(17)31-6-2/h5,7-12,14H,1,6,13,15H2,2-4H3,(H,24,28). The topological polar surface area (TPSA) is 87.5 Å². The minimum absolute atomic E-state index is 0.164. The largest absolute Gasteiger partial charge is 0.493 e. The van der Waals surface area contributed by atoms with Gasteiger partial charge in [-0.15, -0.1) is 16.8 Å². The number of nitrogens with zero attached hydrogens (tertiary/aromatic N) is 3. The number of allylic oxidation sites excluding steroid dienone is 1. The molecule has 1 amide bonds. The molecule has 168 valence electrons. The monoisotopic (exact) mass is 454 g/mol. The Kier molecular flexibility index (Phi) is 8.15. The Labute approximate surface area is 191 Å². The van der Waals surface area contributed by atoms with Crippen molar-refractivity contribution in [1.82, 2.24) is 14.8 Å². The zero-order valence-corrected chi connectivity index (χ0v) is 19.1. The third-order valence-corrected chi connectivity index (χ3v) is 5.43. The zero-order chi connectivity index (χ0) is 22.9. The van der Waals surface area contributed by atoms with Crippen molar-refractivity contribution < 1.29 is 19.0 Å². The number of ether oxygens (including phenoxy) is 3. The molecule has 0 radical (unpaired) electrons. The number of amides is 1. The number of anilines is 1. The first kappa shape index (κ1) is 23.2. The quantitative estimate of drug-likeness (QED) is 0.342. The molecule has 0 bridgehead atoms. The van der Waals surface area contributed by atoms with E-state index in [-0.39, 0.29) is 11.7 Å². The lowest BCUT2D eigenvalue weighted by atomic mass is 10.2. The average molecular weight is 455 g/mol. The van der Waals surface area contributed by atoms with Gasteiger partial charge in [0.25, 0.3) is 0 Å². The van der Waals surface area contributed by atoms with Crippen LogP contribution in [-0.4, -0.2) is 47.3 Å². The normalized spacial score (nSPS) is 10.5. The van der Waals surface area contributed by atoms with Crippen LogP contribution < -0.4 is 19.5 Å². The predicted octanol–water partition coefficient (Wildman–Crippen LogP) is 4.28. The van der Waals surface area contributed by atoms with Gasteiger partial charge in [0.15, 0.2) is 22.5 Å².